The molecule has 1 N–H and O–H groups in total. The van der Waals surface area contributed by atoms with Gasteiger partial charge in [0.25, 0.3) is 5.91 Å². The Balaban J connectivity index is 2.30. The summed E-state index contributed by atoms with van der Waals surface area (Å²) in [6.07, 6.45) is 3.09. The minimum atomic E-state index is -1.32. The molecule has 1 aromatic rings. The third kappa shape index (κ3) is 2.61. The summed E-state index contributed by atoms with van der Waals surface area (Å²) in [5.74, 6) is -3.58. The highest BCUT2D eigenvalue weighted by atomic mass is 19.2. The van der Waals surface area contributed by atoms with Crippen molar-refractivity contribution in [2.24, 2.45) is 0 Å². The van der Waals surface area contributed by atoms with Crippen molar-refractivity contribution in [3.8, 4) is 0 Å². The molecule has 2 amide bonds. The zero-order valence-electron chi connectivity index (χ0n) is 11.0. The molecule has 5 nitrogen and oxygen atoms in total. The number of piperidine rings is 1. The summed E-state index contributed by atoms with van der Waals surface area (Å²) in [6.45, 7) is 0.348. The lowest BCUT2D eigenvalue weighted by Gasteiger charge is -2.34. The molecular weight excluding hydrogens is 268 g/mol. The number of halogens is 2. The molecule has 1 aliphatic rings. The number of carbonyl (C=O) groups excluding carboxylic acids is 2. The van der Waals surface area contributed by atoms with E-state index >= 15 is 0 Å². The molecule has 20 heavy (non-hydrogen) atoms. The molecule has 0 bridgehead atoms. The van der Waals surface area contributed by atoms with Gasteiger partial charge in [-0.15, -0.1) is 0 Å². The Morgan fingerprint density at radius 2 is 2.15 bits per heavy atom. The van der Waals surface area contributed by atoms with Crippen molar-refractivity contribution >= 4 is 11.8 Å². The molecule has 1 unspecified atom stereocenters. The van der Waals surface area contributed by atoms with E-state index in [2.05, 4.69) is 10.3 Å². The number of aromatic nitrogens is 1. The van der Waals surface area contributed by atoms with Gasteiger partial charge in [-0.2, -0.15) is 4.39 Å². The van der Waals surface area contributed by atoms with Crippen molar-refractivity contribution in [2.75, 3.05) is 13.6 Å². The highest BCUT2D eigenvalue weighted by Crippen LogP contribution is 2.21. The van der Waals surface area contributed by atoms with Gasteiger partial charge in [0.15, 0.2) is 5.82 Å². The summed E-state index contributed by atoms with van der Waals surface area (Å²) < 4.78 is 26.7. The fraction of sp³-hybridized carbons (Fsp3) is 0.462. The molecule has 1 atom stereocenters. The first kappa shape index (κ1) is 14.4. The van der Waals surface area contributed by atoms with Gasteiger partial charge in [0, 0.05) is 19.8 Å². The fourth-order valence-electron chi connectivity index (χ4n) is 2.35. The Morgan fingerprint density at radius 1 is 1.40 bits per heavy atom. The predicted molar refractivity (Wildman–Crippen MR) is 66.9 cm³/mol. The second-order valence-corrected chi connectivity index (χ2v) is 4.59. The topological polar surface area (TPSA) is 62.3 Å². The first-order valence-electron chi connectivity index (χ1n) is 6.38. The Bertz CT molecular complexity index is 536. The van der Waals surface area contributed by atoms with Crippen LogP contribution in [0.2, 0.25) is 0 Å². The van der Waals surface area contributed by atoms with Crippen LogP contribution in [-0.2, 0) is 4.79 Å². The zero-order chi connectivity index (χ0) is 14.7. The molecule has 0 spiro atoms. The van der Waals surface area contributed by atoms with Crippen LogP contribution in [0, 0.1) is 11.8 Å². The van der Waals surface area contributed by atoms with Crippen molar-refractivity contribution in [1.29, 1.82) is 0 Å². The Labute approximate surface area is 115 Å². The second kappa shape index (κ2) is 5.94. The summed E-state index contributed by atoms with van der Waals surface area (Å²) in [5, 5.41) is 2.48. The van der Waals surface area contributed by atoms with E-state index in [0.717, 1.165) is 25.1 Å². The maximum atomic E-state index is 13.6. The lowest BCUT2D eigenvalue weighted by Crippen LogP contribution is -2.51. The molecule has 0 aromatic carbocycles. The number of carbonyl (C=O) groups is 2. The number of hydrogen-bond donors (Lipinski definition) is 1. The number of hydrogen-bond acceptors (Lipinski definition) is 3. The highest BCUT2D eigenvalue weighted by Gasteiger charge is 2.33. The molecule has 1 fully saturated rings. The number of likely N-dealkylation sites (N-methyl/N-ethyl adjacent to an activating group) is 1. The van der Waals surface area contributed by atoms with Gasteiger partial charge in [-0.25, -0.2) is 9.37 Å². The van der Waals surface area contributed by atoms with Gasteiger partial charge in [-0.05, 0) is 25.3 Å². The second-order valence-electron chi connectivity index (χ2n) is 4.59. The molecule has 2 rings (SSSR count). The van der Waals surface area contributed by atoms with Gasteiger partial charge in [0.05, 0.1) is 5.56 Å². The van der Waals surface area contributed by atoms with E-state index in [-0.39, 0.29) is 5.91 Å². The van der Waals surface area contributed by atoms with Crippen LogP contribution in [0.4, 0.5) is 8.78 Å². The van der Waals surface area contributed by atoms with Crippen LogP contribution >= 0.6 is 0 Å². The number of pyridine rings is 1. The third-order valence-corrected chi connectivity index (χ3v) is 3.39. The quantitative estimate of drug-likeness (QED) is 0.827. The van der Waals surface area contributed by atoms with Crippen LogP contribution in [0.15, 0.2) is 12.3 Å². The van der Waals surface area contributed by atoms with E-state index in [0.29, 0.717) is 13.0 Å². The summed E-state index contributed by atoms with van der Waals surface area (Å²) in [5.41, 5.74) is -0.395. The van der Waals surface area contributed by atoms with Gasteiger partial charge in [-0.1, -0.05) is 0 Å². The summed E-state index contributed by atoms with van der Waals surface area (Å²) >= 11 is 0. The molecule has 0 radical (unpaired) electrons. The molecule has 0 aliphatic carbocycles. The van der Waals surface area contributed by atoms with Gasteiger partial charge < -0.3 is 10.2 Å². The van der Waals surface area contributed by atoms with Crippen molar-refractivity contribution in [3.05, 3.63) is 29.6 Å². The van der Waals surface area contributed by atoms with Crippen LogP contribution in [0.25, 0.3) is 0 Å². The monoisotopic (exact) mass is 283 g/mol. The molecule has 7 heteroatoms. The minimum absolute atomic E-state index is 0.298. The molecule has 0 saturated carbocycles. The van der Waals surface area contributed by atoms with E-state index in [9.17, 15) is 18.4 Å². The number of nitrogens with one attached hydrogen (secondary N) is 1. The fourth-order valence-corrected chi connectivity index (χ4v) is 2.35. The maximum absolute atomic E-state index is 13.6. The molecule has 108 valence electrons. The maximum Gasteiger partial charge on any atom is 0.257 e. The number of rotatable bonds is 2. The van der Waals surface area contributed by atoms with Gasteiger partial charge in [0.1, 0.15) is 6.04 Å². The lowest BCUT2D eigenvalue weighted by molar-refractivity contribution is -0.126. The van der Waals surface area contributed by atoms with Gasteiger partial charge >= 0.3 is 0 Å². The first-order chi connectivity index (χ1) is 9.56. The van der Waals surface area contributed by atoms with Crippen LogP contribution in [0.1, 0.15) is 29.6 Å². The van der Waals surface area contributed by atoms with Crippen LogP contribution in [0.5, 0.6) is 0 Å². The average molecular weight is 283 g/mol. The highest BCUT2D eigenvalue weighted by molar-refractivity contribution is 5.97. The largest absolute Gasteiger partial charge is 0.357 e. The molecule has 1 aliphatic heterocycles. The van der Waals surface area contributed by atoms with Crippen LogP contribution in [-0.4, -0.2) is 41.3 Å². The Kier molecular flexibility index (Phi) is 4.26. The predicted octanol–water partition coefficient (Wildman–Crippen LogP) is 1.10. The van der Waals surface area contributed by atoms with Crippen molar-refractivity contribution < 1.29 is 18.4 Å². The van der Waals surface area contributed by atoms with Crippen LogP contribution in [0.3, 0.4) is 0 Å². The summed E-state index contributed by atoms with van der Waals surface area (Å²) in [6, 6.07) is 0.480. The first-order valence-corrected chi connectivity index (χ1v) is 6.38. The number of nitrogens with zero attached hydrogens (tertiary/aromatic N) is 2. The molecule has 1 aromatic heterocycles. The SMILES string of the molecule is CNC(=O)C1CCCCN1C(=O)c1ccnc(F)c1F. The van der Waals surface area contributed by atoms with Gasteiger partial charge in [0.2, 0.25) is 11.9 Å². The Morgan fingerprint density at radius 3 is 2.85 bits per heavy atom. The van der Waals surface area contributed by atoms with Crippen molar-refractivity contribution in [2.45, 2.75) is 25.3 Å². The zero-order valence-corrected chi connectivity index (χ0v) is 11.0. The van der Waals surface area contributed by atoms with E-state index in [1.807, 2.05) is 0 Å². The normalized spacial score (nSPS) is 18.8. The summed E-state index contributed by atoms with van der Waals surface area (Å²) in [7, 11) is 1.48. The molecule has 1 saturated heterocycles. The average Bonchev–Trinajstić information content (AvgIpc) is 2.48. The smallest absolute Gasteiger partial charge is 0.257 e. The molecular formula is C13H15F2N3O2. The Hall–Kier alpha value is -2.05. The third-order valence-electron chi connectivity index (χ3n) is 3.39. The summed E-state index contributed by atoms with van der Waals surface area (Å²) in [4.78, 5) is 28.5. The lowest BCUT2D eigenvalue weighted by atomic mass is 10.00. The van der Waals surface area contributed by atoms with Crippen molar-refractivity contribution in [1.82, 2.24) is 15.2 Å². The van der Waals surface area contributed by atoms with E-state index in [1.54, 1.807) is 0 Å². The minimum Gasteiger partial charge on any atom is -0.357 e. The van der Waals surface area contributed by atoms with E-state index < -0.39 is 29.3 Å². The molecule has 2 heterocycles. The van der Waals surface area contributed by atoms with E-state index in [4.69, 9.17) is 0 Å². The standard InChI is InChI=1S/C13H15F2N3O2/c1-16-12(19)9-4-2-3-7-18(9)13(20)8-5-6-17-11(15)10(8)14/h5-6,9H,2-4,7H2,1H3,(H,16,19). The van der Waals surface area contributed by atoms with Crippen LogP contribution < -0.4 is 5.32 Å². The van der Waals surface area contributed by atoms with Gasteiger partial charge in [-0.3, -0.25) is 9.59 Å². The van der Waals surface area contributed by atoms with Crippen molar-refractivity contribution in [3.63, 3.8) is 0 Å². The number of likely N-dealkylation sites (tertiary alicyclic amines) is 1. The number of amides is 2. The van der Waals surface area contributed by atoms with E-state index in [1.165, 1.54) is 11.9 Å².